The molecule has 0 rings (SSSR count). The molecule has 0 aromatic rings. The highest BCUT2D eigenvalue weighted by molar-refractivity contribution is 8.07. The van der Waals surface area contributed by atoms with E-state index in [1.165, 1.54) is 0 Å². The summed E-state index contributed by atoms with van der Waals surface area (Å²) in [4.78, 5) is 0. The molecule has 0 aliphatic carbocycles. The van der Waals surface area contributed by atoms with Crippen molar-refractivity contribution in [3.05, 3.63) is 0 Å². The van der Waals surface area contributed by atoms with E-state index >= 15 is 0 Å². The molecule has 0 aliphatic heterocycles. The number of alkyl halides is 6. The van der Waals surface area contributed by atoms with Crippen LogP contribution >= 0.6 is 88.2 Å². The molecular weight excluding hydrogens is 407 g/mol. The predicted octanol–water partition coefficient (Wildman–Crippen LogP) is 5.15. The summed E-state index contributed by atoms with van der Waals surface area (Å²) in [5, 5.41) is 0. The Kier molecular flexibility index (Phi) is 8.55. The number of hydrogen-bond acceptors (Lipinski definition) is 4. The molecule has 0 fully saturated rings. The summed E-state index contributed by atoms with van der Waals surface area (Å²) in [5.41, 5.74) is 0. The lowest BCUT2D eigenvalue weighted by Gasteiger charge is -2.22. The molecule has 0 aromatic carbocycles. The minimum Gasteiger partial charge on any atom is -0.303 e. The molecule has 0 N–H and O–H groups in total. The third-order valence-electron chi connectivity index (χ3n) is 0.857. The Balaban J connectivity index is 4.28. The molecule has 0 bridgehead atoms. The van der Waals surface area contributed by atoms with E-state index in [4.69, 9.17) is 102 Å². The Morgan fingerprint density at radius 3 is 1.38 bits per heavy atom. The molecule has 0 unspecified atom stereocenters. The maximum atomic E-state index is 5.43. The van der Waals surface area contributed by atoms with Crippen molar-refractivity contribution < 1.29 is 13.1 Å². The zero-order chi connectivity index (χ0) is 13.0. The second-order valence-corrected chi connectivity index (χ2v) is 10.6. The van der Waals surface area contributed by atoms with Gasteiger partial charge in [0.05, 0.1) is 11.9 Å². The SMILES string of the molecule is S=P(OCl)(OCC(Cl)(Cl)Cl)OCC(Cl)(Cl)Cl. The molecule has 0 aromatic heterocycles. The van der Waals surface area contributed by atoms with Crippen molar-refractivity contribution in [2.75, 3.05) is 13.2 Å². The molecular formula is C4H4Cl7O3PS. The highest BCUT2D eigenvalue weighted by Gasteiger charge is 2.31. The van der Waals surface area contributed by atoms with Gasteiger partial charge in [-0.15, -0.1) is 0 Å². The first-order chi connectivity index (χ1) is 6.97. The zero-order valence-corrected chi connectivity index (χ0v) is 14.1. The fourth-order valence-electron chi connectivity index (χ4n) is 0.382. The molecule has 12 heteroatoms. The van der Waals surface area contributed by atoms with Crippen LogP contribution in [0.4, 0.5) is 0 Å². The summed E-state index contributed by atoms with van der Waals surface area (Å²) in [5.74, 6) is 0. The van der Waals surface area contributed by atoms with E-state index in [0.29, 0.717) is 0 Å². The van der Waals surface area contributed by atoms with E-state index in [-0.39, 0.29) is 13.2 Å². The normalized spacial score (nSPS) is 14.2. The third-order valence-corrected chi connectivity index (χ3v) is 4.22. The van der Waals surface area contributed by atoms with Gasteiger partial charge in [0.1, 0.15) is 13.2 Å². The van der Waals surface area contributed by atoms with Crippen LogP contribution in [0.2, 0.25) is 0 Å². The minimum atomic E-state index is -3.30. The van der Waals surface area contributed by atoms with Gasteiger partial charge in [-0.05, 0) is 11.8 Å². The van der Waals surface area contributed by atoms with Crippen molar-refractivity contribution in [3.63, 3.8) is 0 Å². The van der Waals surface area contributed by atoms with E-state index in [1.54, 1.807) is 0 Å². The second kappa shape index (κ2) is 7.37. The van der Waals surface area contributed by atoms with Gasteiger partial charge in [-0.3, -0.25) is 0 Å². The standard InChI is InChI=1S/C4H4Cl7O3PS/c5-3(6,7)1-12-15(16,14-11)13-2-4(8,9)10/h1-2H2. The summed E-state index contributed by atoms with van der Waals surface area (Å²) in [6.07, 6.45) is 0. The Morgan fingerprint density at radius 2 is 1.19 bits per heavy atom. The fourth-order valence-corrected chi connectivity index (χ4v) is 2.58. The monoisotopic (exact) mass is 408 g/mol. The maximum absolute atomic E-state index is 5.43. The van der Waals surface area contributed by atoms with Gasteiger partial charge < -0.3 is 9.05 Å². The lowest BCUT2D eigenvalue weighted by atomic mass is 10.9. The minimum absolute atomic E-state index is 0.373. The van der Waals surface area contributed by atoms with Gasteiger partial charge >= 0.3 is 6.72 Å². The molecule has 3 nitrogen and oxygen atoms in total. The average Bonchev–Trinajstić information content (AvgIpc) is 2.09. The van der Waals surface area contributed by atoms with Gasteiger partial charge in [-0.2, -0.15) is 4.08 Å². The van der Waals surface area contributed by atoms with Crippen LogP contribution in [0, 0.1) is 0 Å². The molecule has 0 radical (unpaired) electrons. The van der Waals surface area contributed by atoms with E-state index in [2.05, 4.69) is 4.08 Å². The van der Waals surface area contributed by atoms with Crippen molar-refractivity contribution >= 4 is 100.0 Å². The quantitative estimate of drug-likeness (QED) is 0.462. The summed E-state index contributed by atoms with van der Waals surface area (Å²) in [6, 6.07) is 0. The molecule has 98 valence electrons. The molecule has 0 amide bonds. The summed E-state index contributed by atoms with van der Waals surface area (Å²) >= 11 is 42.5. The van der Waals surface area contributed by atoms with Crippen LogP contribution in [0.15, 0.2) is 0 Å². The smallest absolute Gasteiger partial charge is 0.303 e. The van der Waals surface area contributed by atoms with Crippen molar-refractivity contribution in [1.82, 2.24) is 0 Å². The van der Waals surface area contributed by atoms with Crippen molar-refractivity contribution in [2.24, 2.45) is 0 Å². The first-order valence-corrected chi connectivity index (χ1v) is 8.44. The first kappa shape index (κ1) is 18.6. The maximum Gasteiger partial charge on any atom is 0.344 e. The van der Waals surface area contributed by atoms with Crippen LogP contribution in [0.25, 0.3) is 0 Å². The first-order valence-electron chi connectivity index (χ1n) is 3.30. The average molecular weight is 411 g/mol. The Hall–Kier alpha value is 2.56. The lowest BCUT2D eigenvalue weighted by molar-refractivity contribution is 0.212. The molecule has 16 heavy (non-hydrogen) atoms. The molecule has 0 saturated heterocycles. The van der Waals surface area contributed by atoms with Crippen LogP contribution in [-0.2, 0) is 24.9 Å². The second-order valence-electron chi connectivity index (χ2n) is 2.29. The largest absolute Gasteiger partial charge is 0.344 e. The molecule has 0 aliphatic rings. The molecule has 0 saturated carbocycles. The summed E-state index contributed by atoms with van der Waals surface area (Å²) in [7, 11) is 0. The van der Waals surface area contributed by atoms with Gasteiger partial charge in [0.2, 0.25) is 7.59 Å². The van der Waals surface area contributed by atoms with Gasteiger partial charge in [-0.25, -0.2) is 0 Å². The molecule has 0 heterocycles. The van der Waals surface area contributed by atoms with Crippen LogP contribution in [0.5, 0.6) is 0 Å². The van der Waals surface area contributed by atoms with Crippen molar-refractivity contribution in [1.29, 1.82) is 0 Å². The van der Waals surface area contributed by atoms with Crippen molar-refractivity contribution in [3.8, 4) is 0 Å². The van der Waals surface area contributed by atoms with E-state index in [9.17, 15) is 0 Å². The highest BCUT2D eigenvalue weighted by Crippen LogP contribution is 2.53. The fraction of sp³-hybridized carbons (Fsp3) is 1.00. The highest BCUT2D eigenvalue weighted by atomic mass is 35.6. The van der Waals surface area contributed by atoms with Gasteiger partial charge in [0.15, 0.2) is 0 Å². The van der Waals surface area contributed by atoms with Crippen LogP contribution in [-0.4, -0.2) is 20.8 Å². The molecule has 0 spiro atoms. The zero-order valence-electron chi connectivity index (χ0n) is 7.14. The van der Waals surface area contributed by atoms with E-state index in [1.807, 2.05) is 0 Å². The van der Waals surface area contributed by atoms with Gasteiger partial charge in [0, 0.05) is 0 Å². The Bertz CT molecular complexity index is 241. The number of rotatable bonds is 5. The summed E-state index contributed by atoms with van der Waals surface area (Å²) < 4.78 is 10.8. The molecule has 0 atom stereocenters. The Morgan fingerprint density at radius 1 is 0.875 bits per heavy atom. The van der Waals surface area contributed by atoms with Gasteiger partial charge in [-0.1, -0.05) is 69.6 Å². The van der Waals surface area contributed by atoms with Crippen molar-refractivity contribution in [2.45, 2.75) is 7.59 Å². The van der Waals surface area contributed by atoms with E-state index in [0.717, 1.165) is 0 Å². The van der Waals surface area contributed by atoms with Crippen LogP contribution in [0.1, 0.15) is 0 Å². The lowest BCUT2D eigenvalue weighted by Crippen LogP contribution is -2.16. The Labute approximate surface area is 133 Å². The predicted molar refractivity (Wildman–Crippen MR) is 73.7 cm³/mol. The van der Waals surface area contributed by atoms with E-state index < -0.39 is 14.3 Å². The van der Waals surface area contributed by atoms with Crippen LogP contribution < -0.4 is 0 Å². The number of hydrogen-bond donors (Lipinski definition) is 0. The van der Waals surface area contributed by atoms with Crippen LogP contribution in [0.3, 0.4) is 0 Å². The number of halogens is 7. The van der Waals surface area contributed by atoms with Gasteiger partial charge in [0.25, 0.3) is 0 Å². The summed E-state index contributed by atoms with van der Waals surface area (Å²) in [6.45, 7) is -4.05. The third kappa shape index (κ3) is 10.5. The topological polar surface area (TPSA) is 27.7 Å².